The van der Waals surface area contributed by atoms with Gasteiger partial charge < -0.3 is 9.47 Å². The van der Waals surface area contributed by atoms with E-state index in [2.05, 4.69) is 6.92 Å². The zero-order valence-electron chi connectivity index (χ0n) is 16.2. The molecule has 0 bridgehead atoms. The van der Waals surface area contributed by atoms with E-state index in [0.29, 0.717) is 24.5 Å². The summed E-state index contributed by atoms with van der Waals surface area (Å²) in [4.78, 5) is 12.0. The highest BCUT2D eigenvalue weighted by Crippen LogP contribution is 2.30. The Bertz CT molecular complexity index is 692. The minimum atomic E-state index is 0.0108. The molecule has 0 aliphatic heterocycles. The van der Waals surface area contributed by atoms with Gasteiger partial charge >= 0.3 is 0 Å². The predicted octanol–water partition coefficient (Wildman–Crippen LogP) is 6.13. The van der Waals surface area contributed by atoms with E-state index in [1.807, 2.05) is 49.4 Å². The molecular weight excluding hydrogens is 324 g/mol. The topological polar surface area (TPSA) is 35.5 Å². The van der Waals surface area contributed by atoms with Gasteiger partial charge in [-0.05, 0) is 37.5 Å². The first kappa shape index (κ1) is 20.0. The maximum Gasteiger partial charge on any atom is 0.163 e. The summed E-state index contributed by atoms with van der Waals surface area (Å²) >= 11 is 0. The van der Waals surface area contributed by atoms with Crippen molar-refractivity contribution in [1.29, 1.82) is 0 Å². The number of hydrogen-bond donors (Lipinski definition) is 0. The van der Waals surface area contributed by atoms with Gasteiger partial charge in [0.15, 0.2) is 5.78 Å². The zero-order valence-corrected chi connectivity index (χ0v) is 16.2. The second kappa shape index (κ2) is 10.6. The summed E-state index contributed by atoms with van der Waals surface area (Å²) in [7, 11) is 0. The van der Waals surface area contributed by atoms with Gasteiger partial charge in [0.05, 0.1) is 12.2 Å². The number of hydrogen-bond acceptors (Lipinski definition) is 3. The van der Waals surface area contributed by atoms with Crippen LogP contribution in [0, 0.1) is 6.92 Å². The van der Waals surface area contributed by atoms with Crippen LogP contribution in [-0.4, -0.2) is 12.4 Å². The molecule has 0 fully saturated rings. The molecule has 0 aliphatic rings. The van der Waals surface area contributed by atoms with Crippen molar-refractivity contribution in [2.24, 2.45) is 0 Å². The average molecular weight is 354 g/mol. The highest BCUT2D eigenvalue weighted by atomic mass is 16.5. The summed E-state index contributed by atoms with van der Waals surface area (Å²) < 4.78 is 11.9. The third kappa shape index (κ3) is 6.21. The molecule has 26 heavy (non-hydrogen) atoms. The lowest BCUT2D eigenvalue weighted by Crippen LogP contribution is -2.06. The smallest absolute Gasteiger partial charge is 0.163 e. The minimum Gasteiger partial charge on any atom is -0.493 e. The summed E-state index contributed by atoms with van der Waals surface area (Å²) in [5.74, 6) is 1.38. The van der Waals surface area contributed by atoms with Crippen molar-refractivity contribution < 1.29 is 14.3 Å². The van der Waals surface area contributed by atoms with E-state index in [0.717, 1.165) is 23.3 Å². The fraction of sp³-hybridized carbons (Fsp3) is 0.435. The molecular formula is C23H30O3. The summed E-state index contributed by atoms with van der Waals surface area (Å²) in [5, 5.41) is 0. The molecule has 0 unspecified atom stereocenters. The summed E-state index contributed by atoms with van der Waals surface area (Å²) in [6.45, 7) is 6.85. The van der Waals surface area contributed by atoms with Crippen LogP contribution in [0.2, 0.25) is 0 Å². The molecule has 2 aromatic rings. The van der Waals surface area contributed by atoms with E-state index in [1.54, 1.807) is 6.92 Å². The Morgan fingerprint density at radius 3 is 2.38 bits per heavy atom. The lowest BCUT2D eigenvalue weighted by molar-refractivity contribution is 0.101. The molecule has 2 aromatic carbocycles. The van der Waals surface area contributed by atoms with E-state index >= 15 is 0 Å². The Kier molecular flexibility index (Phi) is 8.20. The molecule has 2 rings (SSSR count). The van der Waals surface area contributed by atoms with E-state index in [4.69, 9.17) is 9.47 Å². The molecule has 3 heteroatoms. The Labute approximate surface area is 157 Å². The fourth-order valence-corrected chi connectivity index (χ4v) is 3.00. The highest BCUT2D eigenvalue weighted by Gasteiger charge is 2.14. The van der Waals surface area contributed by atoms with Crippen molar-refractivity contribution in [3.05, 3.63) is 59.2 Å². The van der Waals surface area contributed by atoms with Crippen LogP contribution in [0.4, 0.5) is 0 Å². The number of carbonyl (C=O) groups is 1. The fourth-order valence-electron chi connectivity index (χ4n) is 3.00. The van der Waals surface area contributed by atoms with Crippen LogP contribution >= 0.6 is 0 Å². The maximum absolute atomic E-state index is 12.0. The number of aryl methyl sites for hydroxylation is 1. The first-order valence-electron chi connectivity index (χ1n) is 9.57. The lowest BCUT2D eigenvalue weighted by Gasteiger charge is -2.15. The van der Waals surface area contributed by atoms with Crippen LogP contribution in [0.3, 0.4) is 0 Å². The van der Waals surface area contributed by atoms with Gasteiger partial charge in [-0.3, -0.25) is 4.79 Å². The van der Waals surface area contributed by atoms with Crippen LogP contribution in [0.1, 0.15) is 67.4 Å². The maximum atomic E-state index is 12.0. The Hall–Kier alpha value is -2.29. The van der Waals surface area contributed by atoms with Gasteiger partial charge in [0.1, 0.15) is 18.1 Å². The quantitative estimate of drug-likeness (QED) is 0.360. The number of benzene rings is 2. The molecule has 0 saturated heterocycles. The monoisotopic (exact) mass is 354 g/mol. The Balaban J connectivity index is 2.03. The van der Waals surface area contributed by atoms with Gasteiger partial charge in [0.2, 0.25) is 0 Å². The minimum absolute atomic E-state index is 0.0108. The molecule has 0 heterocycles. The largest absolute Gasteiger partial charge is 0.493 e. The third-order valence-electron chi connectivity index (χ3n) is 4.38. The first-order chi connectivity index (χ1) is 12.6. The highest BCUT2D eigenvalue weighted by molar-refractivity contribution is 5.98. The average Bonchev–Trinajstić information content (AvgIpc) is 2.63. The summed E-state index contributed by atoms with van der Waals surface area (Å²) in [5.41, 5.74) is 2.60. The Morgan fingerprint density at radius 1 is 0.962 bits per heavy atom. The Morgan fingerprint density at radius 2 is 1.69 bits per heavy atom. The van der Waals surface area contributed by atoms with E-state index < -0.39 is 0 Å². The molecule has 140 valence electrons. The van der Waals surface area contributed by atoms with Gasteiger partial charge in [-0.2, -0.15) is 0 Å². The normalized spacial score (nSPS) is 10.6. The molecule has 0 spiro atoms. The van der Waals surface area contributed by atoms with Gasteiger partial charge in [0, 0.05) is 6.07 Å². The second-order valence-electron chi connectivity index (χ2n) is 6.71. The van der Waals surface area contributed by atoms with Gasteiger partial charge in [0.25, 0.3) is 0 Å². The number of carbonyl (C=O) groups excluding carboxylic acids is 1. The molecule has 3 nitrogen and oxygen atoms in total. The van der Waals surface area contributed by atoms with E-state index in [9.17, 15) is 4.79 Å². The standard InChI is InChI=1S/C23H30O3/c1-4-5-6-7-11-14-25-21-15-18(2)23(19(3)24)22(16-21)26-17-20-12-9-8-10-13-20/h8-10,12-13,15-16H,4-7,11,14,17H2,1-3H3. The van der Waals surface area contributed by atoms with Crippen molar-refractivity contribution in [3.63, 3.8) is 0 Å². The van der Waals surface area contributed by atoms with Gasteiger partial charge in [-0.1, -0.05) is 62.9 Å². The third-order valence-corrected chi connectivity index (χ3v) is 4.38. The number of ether oxygens (including phenoxy) is 2. The van der Waals surface area contributed by atoms with Crippen LogP contribution in [-0.2, 0) is 6.61 Å². The number of Topliss-reactive ketones (excluding diaryl/α,β-unsaturated/α-hetero) is 1. The van der Waals surface area contributed by atoms with Crippen molar-refractivity contribution in [2.45, 2.75) is 59.5 Å². The molecule has 0 amide bonds. The molecule has 0 aromatic heterocycles. The first-order valence-corrected chi connectivity index (χ1v) is 9.57. The van der Waals surface area contributed by atoms with E-state index in [1.165, 1.54) is 25.7 Å². The van der Waals surface area contributed by atoms with Gasteiger partial charge in [-0.15, -0.1) is 0 Å². The zero-order chi connectivity index (χ0) is 18.8. The summed E-state index contributed by atoms with van der Waals surface area (Å²) in [6, 6.07) is 13.7. The van der Waals surface area contributed by atoms with Crippen molar-refractivity contribution in [1.82, 2.24) is 0 Å². The SMILES string of the molecule is CCCCCCCOc1cc(C)c(C(C)=O)c(OCc2ccccc2)c1. The molecule has 0 radical (unpaired) electrons. The van der Waals surface area contributed by atoms with Crippen LogP contribution < -0.4 is 9.47 Å². The number of ketones is 1. The second-order valence-corrected chi connectivity index (χ2v) is 6.71. The van der Waals surface area contributed by atoms with Crippen molar-refractivity contribution in [2.75, 3.05) is 6.61 Å². The van der Waals surface area contributed by atoms with Crippen LogP contribution in [0.25, 0.3) is 0 Å². The van der Waals surface area contributed by atoms with Crippen LogP contribution in [0.15, 0.2) is 42.5 Å². The lowest BCUT2D eigenvalue weighted by atomic mass is 10.0. The van der Waals surface area contributed by atoms with Crippen LogP contribution in [0.5, 0.6) is 11.5 Å². The van der Waals surface area contributed by atoms with Crippen molar-refractivity contribution in [3.8, 4) is 11.5 Å². The predicted molar refractivity (Wildman–Crippen MR) is 106 cm³/mol. The van der Waals surface area contributed by atoms with Gasteiger partial charge in [-0.25, -0.2) is 0 Å². The molecule has 0 N–H and O–H groups in total. The summed E-state index contributed by atoms with van der Waals surface area (Å²) in [6.07, 6.45) is 6.02. The molecule has 0 aliphatic carbocycles. The number of rotatable bonds is 11. The molecule has 0 saturated carbocycles. The number of unbranched alkanes of at least 4 members (excludes halogenated alkanes) is 4. The van der Waals surface area contributed by atoms with Crippen molar-refractivity contribution >= 4 is 5.78 Å². The van der Waals surface area contributed by atoms with E-state index in [-0.39, 0.29) is 5.78 Å². The molecule has 0 atom stereocenters.